The lowest BCUT2D eigenvalue weighted by Crippen LogP contribution is -2.44. The summed E-state index contributed by atoms with van der Waals surface area (Å²) >= 11 is 0. The van der Waals surface area contributed by atoms with Crippen molar-refractivity contribution in [2.45, 2.75) is 55.8 Å². The van der Waals surface area contributed by atoms with Gasteiger partial charge in [-0.25, -0.2) is 13.4 Å². The van der Waals surface area contributed by atoms with Crippen LogP contribution in [0.5, 0.6) is 0 Å². The van der Waals surface area contributed by atoms with Crippen molar-refractivity contribution < 1.29 is 8.42 Å². The topological polar surface area (TPSA) is 65.5 Å². The summed E-state index contributed by atoms with van der Waals surface area (Å²) in [5, 5.41) is 3.43. The van der Waals surface area contributed by atoms with Gasteiger partial charge in [-0.2, -0.15) is 4.31 Å². The molecule has 1 aromatic heterocycles. The third kappa shape index (κ3) is 5.71. The molecule has 2 aromatic rings. The molecule has 0 amide bonds. The van der Waals surface area contributed by atoms with Crippen LogP contribution in [0, 0.1) is 0 Å². The zero-order valence-corrected chi connectivity index (χ0v) is 22.1. The minimum Gasteiger partial charge on any atom is -0.354 e. The highest BCUT2D eigenvalue weighted by molar-refractivity contribution is 7.89. The molecule has 3 aliphatic rings. The van der Waals surface area contributed by atoms with E-state index in [1.807, 2.05) is 18.3 Å². The number of halogens is 2. The zero-order valence-electron chi connectivity index (χ0n) is 19.6. The maximum atomic E-state index is 13.0. The molecule has 2 saturated heterocycles. The number of nitrogens with one attached hydrogen (secondary N) is 1. The van der Waals surface area contributed by atoms with Gasteiger partial charge in [0.15, 0.2) is 0 Å². The summed E-state index contributed by atoms with van der Waals surface area (Å²) < 4.78 is 27.6. The highest BCUT2D eigenvalue weighted by Crippen LogP contribution is 2.40. The minimum atomic E-state index is -3.40. The molecule has 6 nitrogen and oxygen atoms in total. The molecule has 2 aliphatic heterocycles. The first-order valence-electron chi connectivity index (χ1n) is 12.2. The van der Waals surface area contributed by atoms with Crippen LogP contribution in [-0.4, -0.2) is 57.0 Å². The van der Waals surface area contributed by atoms with E-state index in [1.165, 1.54) is 31.2 Å². The molecular weight excluding hydrogens is 491 g/mol. The van der Waals surface area contributed by atoms with Gasteiger partial charge in [0.1, 0.15) is 5.82 Å². The van der Waals surface area contributed by atoms with E-state index in [1.54, 1.807) is 16.4 Å². The van der Waals surface area contributed by atoms with Gasteiger partial charge in [-0.3, -0.25) is 0 Å². The van der Waals surface area contributed by atoms with Crippen LogP contribution in [0.1, 0.15) is 56.4 Å². The van der Waals surface area contributed by atoms with Crippen LogP contribution in [0.4, 0.5) is 5.82 Å². The molecule has 0 spiro atoms. The van der Waals surface area contributed by atoms with E-state index >= 15 is 0 Å². The van der Waals surface area contributed by atoms with Gasteiger partial charge in [-0.05, 0) is 60.9 Å². The molecule has 9 heteroatoms. The fraction of sp³-hybridized carbons (Fsp3) is 0.560. The summed E-state index contributed by atoms with van der Waals surface area (Å²) in [7, 11) is -3.40. The quantitative estimate of drug-likeness (QED) is 0.603. The normalized spacial score (nSPS) is 19.9. The van der Waals surface area contributed by atoms with Gasteiger partial charge < -0.3 is 10.2 Å². The summed E-state index contributed by atoms with van der Waals surface area (Å²) in [6, 6.07) is 9.72. The second-order valence-corrected chi connectivity index (χ2v) is 11.3. The fourth-order valence-corrected chi connectivity index (χ4v) is 6.90. The molecule has 0 bridgehead atoms. The third-order valence-electron chi connectivity index (χ3n) is 7.25. The first-order chi connectivity index (χ1) is 15.6. The molecule has 34 heavy (non-hydrogen) atoms. The molecule has 5 rings (SSSR count). The molecule has 0 atom stereocenters. The van der Waals surface area contributed by atoms with Crippen molar-refractivity contribution in [2.75, 3.05) is 44.2 Å². The molecule has 0 unspecified atom stereocenters. The van der Waals surface area contributed by atoms with Gasteiger partial charge >= 0.3 is 0 Å². The SMILES string of the molecule is Cl.Cl.O=S(=O)(c1ccc(-c2cnc(N3CCNCC3)c(C3CCCC3)c2)cc1)N1CCCCC1. The predicted octanol–water partition coefficient (Wildman–Crippen LogP) is 4.83. The molecule has 3 fully saturated rings. The highest BCUT2D eigenvalue weighted by Gasteiger charge is 2.27. The molecule has 188 valence electrons. The van der Waals surface area contributed by atoms with Gasteiger partial charge in [0.25, 0.3) is 0 Å². The van der Waals surface area contributed by atoms with E-state index in [0.717, 1.165) is 62.4 Å². The zero-order chi connectivity index (χ0) is 22.0. The average Bonchev–Trinajstić information content (AvgIpc) is 3.40. The van der Waals surface area contributed by atoms with Crippen molar-refractivity contribution in [1.82, 2.24) is 14.6 Å². The van der Waals surface area contributed by atoms with Crippen LogP contribution in [0.2, 0.25) is 0 Å². The molecule has 0 radical (unpaired) electrons. The Labute approximate surface area is 216 Å². The second-order valence-electron chi connectivity index (χ2n) is 9.34. The molecule has 1 aliphatic carbocycles. The molecule has 1 saturated carbocycles. The largest absolute Gasteiger partial charge is 0.354 e. The predicted molar refractivity (Wildman–Crippen MR) is 143 cm³/mol. The lowest BCUT2D eigenvalue weighted by atomic mass is 9.94. The number of piperazine rings is 1. The number of sulfonamides is 1. The van der Waals surface area contributed by atoms with Gasteiger partial charge in [0, 0.05) is 51.0 Å². The van der Waals surface area contributed by atoms with E-state index in [9.17, 15) is 8.42 Å². The van der Waals surface area contributed by atoms with Crippen LogP contribution >= 0.6 is 24.8 Å². The van der Waals surface area contributed by atoms with Crippen molar-refractivity contribution in [2.24, 2.45) is 0 Å². The standard InChI is InChI=1S/C25H34N4O2S.2ClH/c30-32(31,29-14-4-1-5-15-29)23-10-8-20(9-11-23)22-18-24(21-6-2-3-7-21)25(27-19-22)28-16-12-26-13-17-28;;/h8-11,18-19,21,26H,1-7,12-17H2;2*1H. The number of rotatable bonds is 5. The minimum absolute atomic E-state index is 0. The van der Waals surface area contributed by atoms with Crippen LogP contribution in [0.25, 0.3) is 11.1 Å². The maximum absolute atomic E-state index is 13.0. The van der Waals surface area contributed by atoms with E-state index in [0.29, 0.717) is 23.9 Å². The van der Waals surface area contributed by atoms with E-state index in [-0.39, 0.29) is 24.8 Å². The smallest absolute Gasteiger partial charge is 0.243 e. The van der Waals surface area contributed by atoms with Crippen molar-refractivity contribution in [3.05, 3.63) is 42.1 Å². The summed E-state index contributed by atoms with van der Waals surface area (Å²) in [4.78, 5) is 7.75. The first-order valence-corrected chi connectivity index (χ1v) is 13.6. The van der Waals surface area contributed by atoms with E-state index in [4.69, 9.17) is 4.98 Å². The molecule has 1 aromatic carbocycles. The molecule has 1 N–H and O–H groups in total. The van der Waals surface area contributed by atoms with Crippen molar-refractivity contribution >= 4 is 40.7 Å². The van der Waals surface area contributed by atoms with Crippen molar-refractivity contribution in [1.29, 1.82) is 0 Å². The second kappa shape index (κ2) is 12.0. The number of piperidine rings is 1. The van der Waals surface area contributed by atoms with Crippen molar-refractivity contribution in [3.63, 3.8) is 0 Å². The number of pyridine rings is 1. The van der Waals surface area contributed by atoms with Crippen molar-refractivity contribution in [3.8, 4) is 11.1 Å². The summed E-state index contributed by atoms with van der Waals surface area (Å²) in [6.07, 6.45) is 10.0. The Balaban J connectivity index is 0.00000162. The number of hydrogen-bond acceptors (Lipinski definition) is 5. The lowest BCUT2D eigenvalue weighted by Gasteiger charge is -2.31. The Hall–Kier alpha value is -1.38. The van der Waals surface area contributed by atoms with Crippen LogP contribution in [-0.2, 0) is 10.0 Å². The first kappa shape index (κ1) is 27.2. The maximum Gasteiger partial charge on any atom is 0.243 e. The number of hydrogen-bond donors (Lipinski definition) is 1. The van der Waals surface area contributed by atoms with Gasteiger partial charge in [-0.1, -0.05) is 31.4 Å². The monoisotopic (exact) mass is 526 g/mol. The Bertz CT molecular complexity index is 1030. The molecular formula is C25H36Cl2N4O2S. The number of nitrogens with zero attached hydrogens (tertiary/aromatic N) is 3. The number of benzene rings is 1. The fourth-order valence-electron chi connectivity index (χ4n) is 5.38. The summed E-state index contributed by atoms with van der Waals surface area (Å²) in [6.45, 7) is 5.25. The molecule has 3 heterocycles. The summed E-state index contributed by atoms with van der Waals surface area (Å²) in [5.74, 6) is 1.72. The van der Waals surface area contributed by atoms with Crippen LogP contribution in [0.3, 0.4) is 0 Å². The van der Waals surface area contributed by atoms with Crippen LogP contribution < -0.4 is 10.2 Å². The third-order valence-corrected chi connectivity index (χ3v) is 9.16. The van der Waals surface area contributed by atoms with Crippen LogP contribution in [0.15, 0.2) is 41.4 Å². The lowest BCUT2D eigenvalue weighted by molar-refractivity contribution is 0.346. The Morgan fingerprint density at radius 2 is 1.47 bits per heavy atom. The van der Waals surface area contributed by atoms with Gasteiger partial charge in [0.05, 0.1) is 4.90 Å². The number of aromatic nitrogens is 1. The highest BCUT2D eigenvalue weighted by atomic mass is 35.5. The van der Waals surface area contributed by atoms with E-state index < -0.39 is 10.0 Å². The van der Waals surface area contributed by atoms with Gasteiger partial charge in [0.2, 0.25) is 10.0 Å². The Kier molecular flexibility index (Phi) is 9.64. The average molecular weight is 528 g/mol. The Morgan fingerprint density at radius 3 is 2.12 bits per heavy atom. The van der Waals surface area contributed by atoms with Gasteiger partial charge in [-0.15, -0.1) is 24.8 Å². The van der Waals surface area contributed by atoms with E-state index in [2.05, 4.69) is 16.3 Å². The Morgan fingerprint density at radius 1 is 0.824 bits per heavy atom. The number of anilines is 1. The summed E-state index contributed by atoms with van der Waals surface area (Å²) in [5.41, 5.74) is 3.47.